The Bertz CT molecular complexity index is 422. The third-order valence-corrected chi connectivity index (χ3v) is 2.32. The lowest BCUT2D eigenvalue weighted by molar-refractivity contribution is -0.138. The minimum atomic E-state index is -1.18. The summed E-state index contributed by atoms with van der Waals surface area (Å²) < 4.78 is 23.7. The molecule has 17 heavy (non-hydrogen) atoms. The number of rotatable bonds is 5. The first-order chi connectivity index (χ1) is 8.01. The van der Waals surface area contributed by atoms with Crippen LogP contribution in [0.3, 0.4) is 0 Å². The number of carboxylic acids is 1. The van der Waals surface area contributed by atoms with Gasteiger partial charge in [-0.05, 0) is 11.6 Å². The van der Waals surface area contributed by atoms with E-state index in [0.717, 1.165) is 0 Å². The molecule has 1 unspecified atom stereocenters. The molecular weight excluding hydrogens is 229 g/mol. The fourth-order valence-electron chi connectivity index (χ4n) is 1.41. The SMILES string of the molecule is COc1ccc(CC(N)C(=O)O)c(F)c1OC. The summed E-state index contributed by atoms with van der Waals surface area (Å²) in [5, 5.41) is 8.66. The van der Waals surface area contributed by atoms with Crippen LogP contribution in [-0.2, 0) is 11.2 Å². The highest BCUT2D eigenvalue weighted by Gasteiger charge is 2.19. The number of ether oxygens (including phenoxy) is 2. The average Bonchev–Trinajstić information content (AvgIpc) is 2.31. The first kappa shape index (κ1) is 13.2. The van der Waals surface area contributed by atoms with Crippen LogP contribution in [0.15, 0.2) is 12.1 Å². The smallest absolute Gasteiger partial charge is 0.320 e. The average molecular weight is 243 g/mol. The predicted molar refractivity (Wildman–Crippen MR) is 58.8 cm³/mol. The Kier molecular flexibility index (Phi) is 4.28. The van der Waals surface area contributed by atoms with Crippen LogP contribution in [0.25, 0.3) is 0 Å². The normalized spacial score (nSPS) is 12.0. The van der Waals surface area contributed by atoms with Crippen LogP contribution >= 0.6 is 0 Å². The van der Waals surface area contributed by atoms with Gasteiger partial charge in [-0.2, -0.15) is 0 Å². The van der Waals surface area contributed by atoms with E-state index in [-0.39, 0.29) is 23.5 Å². The lowest BCUT2D eigenvalue weighted by Crippen LogP contribution is -2.32. The van der Waals surface area contributed by atoms with Crippen molar-refractivity contribution >= 4 is 5.97 Å². The molecule has 1 aromatic carbocycles. The quantitative estimate of drug-likeness (QED) is 0.799. The van der Waals surface area contributed by atoms with E-state index < -0.39 is 17.8 Å². The third kappa shape index (κ3) is 2.85. The number of hydrogen-bond acceptors (Lipinski definition) is 4. The molecule has 0 heterocycles. The number of benzene rings is 1. The predicted octanol–water partition coefficient (Wildman–Crippen LogP) is 0.797. The van der Waals surface area contributed by atoms with Gasteiger partial charge in [-0.15, -0.1) is 0 Å². The van der Waals surface area contributed by atoms with Gasteiger partial charge in [0.2, 0.25) is 0 Å². The molecular formula is C11H14FNO4. The molecule has 1 atom stereocenters. The highest BCUT2D eigenvalue weighted by atomic mass is 19.1. The molecule has 3 N–H and O–H groups in total. The zero-order valence-corrected chi connectivity index (χ0v) is 9.57. The lowest BCUT2D eigenvalue weighted by atomic mass is 10.1. The molecule has 6 heteroatoms. The summed E-state index contributed by atoms with van der Waals surface area (Å²) >= 11 is 0. The van der Waals surface area contributed by atoms with Gasteiger partial charge in [0.1, 0.15) is 6.04 Å². The van der Waals surface area contributed by atoms with Gasteiger partial charge in [0.05, 0.1) is 14.2 Å². The monoisotopic (exact) mass is 243 g/mol. The highest BCUT2D eigenvalue weighted by molar-refractivity contribution is 5.73. The molecule has 0 aliphatic heterocycles. The van der Waals surface area contributed by atoms with Crippen molar-refractivity contribution in [2.75, 3.05) is 14.2 Å². The van der Waals surface area contributed by atoms with Crippen molar-refractivity contribution in [1.82, 2.24) is 0 Å². The van der Waals surface area contributed by atoms with Crippen molar-refractivity contribution < 1.29 is 23.8 Å². The number of carbonyl (C=O) groups is 1. The van der Waals surface area contributed by atoms with Gasteiger partial charge < -0.3 is 20.3 Å². The van der Waals surface area contributed by atoms with Gasteiger partial charge in [-0.3, -0.25) is 4.79 Å². The van der Waals surface area contributed by atoms with Crippen LogP contribution in [0.1, 0.15) is 5.56 Å². The lowest BCUT2D eigenvalue weighted by Gasteiger charge is -2.13. The second kappa shape index (κ2) is 5.49. The molecule has 0 aliphatic rings. The fraction of sp³-hybridized carbons (Fsp3) is 0.364. The zero-order valence-electron chi connectivity index (χ0n) is 9.57. The summed E-state index contributed by atoms with van der Waals surface area (Å²) in [5.74, 6) is -1.64. The van der Waals surface area contributed by atoms with Crippen LogP contribution in [0, 0.1) is 5.82 Å². The van der Waals surface area contributed by atoms with Gasteiger partial charge >= 0.3 is 5.97 Å². The van der Waals surface area contributed by atoms with Crippen molar-refractivity contribution in [1.29, 1.82) is 0 Å². The van der Waals surface area contributed by atoms with E-state index in [1.807, 2.05) is 0 Å². The van der Waals surface area contributed by atoms with E-state index in [2.05, 4.69) is 0 Å². The number of hydrogen-bond donors (Lipinski definition) is 2. The maximum absolute atomic E-state index is 13.9. The Morgan fingerprint density at radius 1 is 1.47 bits per heavy atom. The third-order valence-electron chi connectivity index (χ3n) is 2.32. The Morgan fingerprint density at radius 3 is 2.59 bits per heavy atom. The van der Waals surface area contributed by atoms with Gasteiger partial charge in [0, 0.05) is 6.42 Å². The van der Waals surface area contributed by atoms with Crippen LogP contribution < -0.4 is 15.2 Å². The molecule has 0 amide bonds. The summed E-state index contributed by atoms with van der Waals surface area (Å²) in [5.41, 5.74) is 5.52. The molecule has 0 aromatic heterocycles. The van der Waals surface area contributed by atoms with E-state index in [1.165, 1.54) is 26.4 Å². The molecule has 1 rings (SSSR count). The maximum atomic E-state index is 13.9. The summed E-state index contributed by atoms with van der Waals surface area (Å²) in [6, 6.07) is 1.79. The van der Waals surface area contributed by atoms with Crippen LogP contribution in [0.4, 0.5) is 4.39 Å². The summed E-state index contributed by atoms with van der Waals surface area (Å²) in [4.78, 5) is 10.6. The second-order valence-electron chi connectivity index (χ2n) is 3.42. The van der Waals surface area contributed by atoms with Gasteiger partial charge in [0.15, 0.2) is 17.3 Å². The molecule has 5 nitrogen and oxygen atoms in total. The molecule has 94 valence electrons. The van der Waals surface area contributed by atoms with Gasteiger partial charge in [-0.1, -0.05) is 6.07 Å². The van der Waals surface area contributed by atoms with Crippen molar-refractivity contribution in [3.63, 3.8) is 0 Å². The highest BCUT2D eigenvalue weighted by Crippen LogP contribution is 2.32. The molecule has 1 aromatic rings. The van der Waals surface area contributed by atoms with Gasteiger partial charge in [-0.25, -0.2) is 4.39 Å². The number of halogens is 1. The Morgan fingerprint density at radius 2 is 2.12 bits per heavy atom. The molecule has 0 saturated heterocycles. The first-order valence-electron chi connectivity index (χ1n) is 4.89. The largest absolute Gasteiger partial charge is 0.493 e. The summed E-state index contributed by atoms with van der Waals surface area (Å²) in [6.07, 6.45) is -0.110. The molecule has 0 fully saturated rings. The molecule has 0 saturated carbocycles. The topological polar surface area (TPSA) is 81.8 Å². The van der Waals surface area contributed by atoms with Gasteiger partial charge in [0.25, 0.3) is 0 Å². The minimum absolute atomic E-state index is 0.0532. The Hall–Kier alpha value is -1.82. The molecule has 0 aliphatic carbocycles. The van der Waals surface area contributed by atoms with Crippen molar-refractivity contribution in [2.24, 2.45) is 5.73 Å². The molecule has 0 radical (unpaired) electrons. The molecule has 0 bridgehead atoms. The van der Waals surface area contributed by atoms with E-state index in [1.54, 1.807) is 0 Å². The van der Waals surface area contributed by atoms with Crippen molar-refractivity contribution in [2.45, 2.75) is 12.5 Å². The Labute approximate surface area is 97.9 Å². The number of nitrogens with two attached hydrogens (primary N) is 1. The van der Waals surface area contributed by atoms with Crippen LogP contribution in [0.5, 0.6) is 11.5 Å². The number of aliphatic carboxylic acids is 1. The standard InChI is InChI=1S/C11H14FNO4/c1-16-8-4-3-6(5-7(13)11(14)15)9(12)10(8)17-2/h3-4,7H,5,13H2,1-2H3,(H,14,15). The number of carboxylic acid groups (broad SMARTS) is 1. The fourth-order valence-corrected chi connectivity index (χ4v) is 1.41. The van der Waals surface area contributed by atoms with E-state index >= 15 is 0 Å². The van der Waals surface area contributed by atoms with Crippen molar-refractivity contribution in [3.05, 3.63) is 23.5 Å². The summed E-state index contributed by atoms with van der Waals surface area (Å²) in [7, 11) is 2.70. The van der Waals surface area contributed by atoms with E-state index in [4.69, 9.17) is 20.3 Å². The zero-order chi connectivity index (χ0) is 13.0. The Balaban J connectivity index is 3.06. The first-order valence-corrected chi connectivity index (χ1v) is 4.89. The molecule has 0 spiro atoms. The van der Waals surface area contributed by atoms with E-state index in [0.29, 0.717) is 0 Å². The van der Waals surface area contributed by atoms with Crippen LogP contribution in [-0.4, -0.2) is 31.3 Å². The van der Waals surface area contributed by atoms with E-state index in [9.17, 15) is 9.18 Å². The minimum Gasteiger partial charge on any atom is -0.493 e. The summed E-state index contributed by atoms with van der Waals surface area (Å²) in [6.45, 7) is 0. The second-order valence-corrected chi connectivity index (χ2v) is 3.42. The maximum Gasteiger partial charge on any atom is 0.320 e. The van der Waals surface area contributed by atoms with Crippen molar-refractivity contribution in [3.8, 4) is 11.5 Å². The van der Waals surface area contributed by atoms with Crippen LogP contribution in [0.2, 0.25) is 0 Å². The number of methoxy groups -OCH3 is 2.